The van der Waals surface area contributed by atoms with E-state index in [1.54, 1.807) is 6.20 Å². The van der Waals surface area contributed by atoms with Crippen LogP contribution in [0.25, 0.3) is 0 Å². The van der Waals surface area contributed by atoms with E-state index >= 15 is 0 Å². The van der Waals surface area contributed by atoms with Gasteiger partial charge in [-0.2, -0.15) is 0 Å². The highest BCUT2D eigenvalue weighted by Gasteiger charge is 1.73. The summed E-state index contributed by atoms with van der Waals surface area (Å²) in [6, 6.07) is 5.86. The Hall–Kier alpha value is -0.850. The standard InChI is InChI=1S/C6H7N.C4H10.C3H8/c1-6-4-2-3-5-7-6;1-3-4-2;1-3-2/h2-5H,1H3;3-4H2,1-2H3;3H2,1-2H3. The fourth-order valence-electron chi connectivity index (χ4n) is 0.448. The van der Waals surface area contributed by atoms with Crippen molar-refractivity contribution in [2.75, 3.05) is 0 Å². The summed E-state index contributed by atoms with van der Waals surface area (Å²) < 4.78 is 0. The van der Waals surface area contributed by atoms with E-state index in [1.165, 1.54) is 19.3 Å². The van der Waals surface area contributed by atoms with Crippen molar-refractivity contribution in [1.82, 2.24) is 4.98 Å². The van der Waals surface area contributed by atoms with Gasteiger partial charge in [0.05, 0.1) is 0 Å². The fourth-order valence-corrected chi connectivity index (χ4v) is 0.448. The van der Waals surface area contributed by atoms with Crippen molar-refractivity contribution in [2.45, 2.75) is 53.9 Å². The van der Waals surface area contributed by atoms with Crippen LogP contribution in [-0.4, -0.2) is 4.98 Å². The third kappa shape index (κ3) is 17.3. The van der Waals surface area contributed by atoms with E-state index in [0.29, 0.717) is 0 Å². The Kier molecular flexibility index (Phi) is 16.4. The summed E-state index contributed by atoms with van der Waals surface area (Å²) in [7, 11) is 0. The van der Waals surface area contributed by atoms with Crippen LogP contribution in [0.3, 0.4) is 0 Å². The number of rotatable bonds is 1. The van der Waals surface area contributed by atoms with Gasteiger partial charge in [-0.3, -0.25) is 4.98 Å². The van der Waals surface area contributed by atoms with Gasteiger partial charge in [-0.05, 0) is 19.1 Å². The highest BCUT2D eigenvalue weighted by molar-refractivity contribution is 4.99. The molecule has 0 aliphatic heterocycles. The normalized spacial score (nSPS) is 7.79. The van der Waals surface area contributed by atoms with Crippen molar-refractivity contribution in [1.29, 1.82) is 0 Å². The van der Waals surface area contributed by atoms with Gasteiger partial charge in [-0.25, -0.2) is 0 Å². The second kappa shape index (κ2) is 14.7. The lowest BCUT2D eigenvalue weighted by atomic mass is 10.4. The predicted octanol–water partition coefficient (Wildman–Crippen LogP) is 4.61. The predicted molar refractivity (Wildman–Crippen MR) is 65.5 cm³/mol. The molecule has 82 valence electrons. The van der Waals surface area contributed by atoms with Crippen LogP contribution >= 0.6 is 0 Å². The van der Waals surface area contributed by atoms with E-state index in [-0.39, 0.29) is 0 Å². The van der Waals surface area contributed by atoms with Gasteiger partial charge in [-0.15, -0.1) is 0 Å². The van der Waals surface area contributed by atoms with E-state index in [0.717, 1.165) is 5.69 Å². The van der Waals surface area contributed by atoms with Crippen LogP contribution in [0, 0.1) is 6.92 Å². The van der Waals surface area contributed by atoms with Crippen LogP contribution < -0.4 is 0 Å². The summed E-state index contributed by atoms with van der Waals surface area (Å²) in [5.41, 5.74) is 1.07. The zero-order valence-corrected chi connectivity index (χ0v) is 10.4. The molecule has 1 rings (SSSR count). The van der Waals surface area contributed by atoms with Crippen LogP contribution in [0.1, 0.15) is 52.7 Å². The zero-order chi connectivity index (χ0) is 11.2. The van der Waals surface area contributed by atoms with Gasteiger partial charge in [-0.1, -0.05) is 53.0 Å². The molecule has 0 saturated carbocycles. The number of hydrogen-bond acceptors (Lipinski definition) is 1. The molecule has 0 N–H and O–H groups in total. The Morgan fingerprint density at radius 2 is 1.50 bits per heavy atom. The van der Waals surface area contributed by atoms with Crippen molar-refractivity contribution < 1.29 is 0 Å². The number of aryl methyl sites for hydroxylation is 1. The summed E-state index contributed by atoms with van der Waals surface area (Å²) in [4.78, 5) is 3.98. The van der Waals surface area contributed by atoms with Gasteiger partial charge in [0, 0.05) is 11.9 Å². The smallest absolute Gasteiger partial charge is 0.0372 e. The molecule has 0 spiro atoms. The molecular formula is C13H25N. The largest absolute Gasteiger partial charge is 0.262 e. The van der Waals surface area contributed by atoms with Crippen molar-refractivity contribution >= 4 is 0 Å². The topological polar surface area (TPSA) is 12.9 Å². The lowest BCUT2D eigenvalue weighted by Gasteiger charge is -1.82. The Balaban J connectivity index is 0. The number of hydrogen-bond donors (Lipinski definition) is 0. The molecule has 0 atom stereocenters. The number of pyridine rings is 1. The molecular weight excluding hydrogens is 170 g/mol. The Bertz CT molecular complexity index is 168. The molecule has 1 heteroatoms. The quantitative estimate of drug-likeness (QED) is 0.637. The Labute approximate surface area is 89.6 Å². The first kappa shape index (κ1) is 15.6. The maximum Gasteiger partial charge on any atom is 0.0372 e. The van der Waals surface area contributed by atoms with Gasteiger partial charge in [0.2, 0.25) is 0 Å². The van der Waals surface area contributed by atoms with E-state index in [1.807, 2.05) is 25.1 Å². The number of aromatic nitrogens is 1. The maximum absolute atomic E-state index is 3.98. The molecule has 0 saturated heterocycles. The molecule has 1 heterocycles. The molecule has 0 bridgehead atoms. The molecule has 1 nitrogen and oxygen atoms in total. The maximum atomic E-state index is 3.98. The van der Waals surface area contributed by atoms with Crippen molar-refractivity contribution in [3.8, 4) is 0 Å². The van der Waals surface area contributed by atoms with Crippen molar-refractivity contribution in [3.63, 3.8) is 0 Å². The van der Waals surface area contributed by atoms with Crippen molar-refractivity contribution in [2.24, 2.45) is 0 Å². The molecule has 1 aromatic heterocycles. The first-order chi connectivity index (χ1) is 6.72. The third-order valence-electron chi connectivity index (χ3n) is 1.31. The van der Waals surface area contributed by atoms with E-state index in [9.17, 15) is 0 Å². The van der Waals surface area contributed by atoms with Crippen LogP contribution in [0.15, 0.2) is 24.4 Å². The summed E-state index contributed by atoms with van der Waals surface area (Å²) in [5.74, 6) is 0. The first-order valence-corrected chi connectivity index (χ1v) is 5.60. The summed E-state index contributed by atoms with van der Waals surface area (Å²) >= 11 is 0. The third-order valence-corrected chi connectivity index (χ3v) is 1.31. The van der Waals surface area contributed by atoms with Gasteiger partial charge in [0.1, 0.15) is 0 Å². The SMILES string of the molecule is CCC.CCCC.Cc1ccccn1. The van der Waals surface area contributed by atoms with Gasteiger partial charge in [0.15, 0.2) is 0 Å². The summed E-state index contributed by atoms with van der Waals surface area (Å²) in [6.07, 6.45) is 5.68. The van der Waals surface area contributed by atoms with E-state index in [4.69, 9.17) is 0 Å². The minimum atomic E-state index is 1.07. The average Bonchev–Trinajstić information content (AvgIpc) is 2.21. The minimum absolute atomic E-state index is 1.07. The van der Waals surface area contributed by atoms with Crippen LogP contribution in [0.2, 0.25) is 0 Å². The summed E-state index contributed by atoms with van der Waals surface area (Å²) in [5, 5.41) is 0. The van der Waals surface area contributed by atoms with Gasteiger partial charge in [0.25, 0.3) is 0 Å². The van der Waals surface area contributed by atoms with E-state index < -0.39 is 0 Å². The van der Waals surface area contributed by atoms with Crippen LogP contribution in [0.4, 0.5) is 0 Å². The minimum Gasteiger partial charge on any atom is -0.262 e. The highest BCUT2D eigenvalue weighted by Crippen LogP contribution is 1.86. The lowest BCUT2D eigenvalue weighted by molar-refractivity contribution is 0.886. The second-order valence-electron chi connectivity index (χ2n) is 3.18. The Morgan fingerprint density at radius 1 is 1.00 bits per heavy atom. The van der Waals surface area contributed by atoms with Crippen molar-refractivity contribution in [3.05, 3.63) is 30.1 Å². The fraction of sp³-hybridized carbons (Fsp3) is 0.615. The molecule has 0 unspecified atom stereocenters. The van der Waals surface area contributed by atoms with E-state index in [2.05, 4.69) is 32.7 Å². The zero-order valence-electron chi connectivity index (χ0n) is 10.4. The molecule has 0 fully saturated rings. The lowest BCUT2D eigenvalue weighted by Crippen LogP contribution is -1.72. The second-order valence-corrected chi connectivity index (χ2v) is 3.18. The molecule has 0 aliphatic rings. The molecule has 0 aliphatic carbocycles. The number of unbranched alkanes of at least 4 members (excludes halogenated alkanes) is 1. The van der Waals surface area contributed by atoms with Crippen LogP contribution in [-0.2, 0) is 0 Å². The van der Waals surface area contributed by atoms with Gasteiger partial charge < -0.3 is 0 Å². The summed E-state index contributed by atoms with van der Waals surface area (Å²) in [6.45, 7) is 10.6. The number of nitrogens with zero attached hydrogens (tertiary/aromatic N) is 1. The molecule has 0 amide bonds. The molecule has 14 heavy (non-hydrogen) atoms. The highest BCUT2D eigenvalue weighted by atomic mass is 14.6. The molecule has 0 radical (unpaired) electrons. The van der Waals surface area contributed by atoms with Crippen LogP contribution in [0.5, 0.6) is 0 Å². The monoisotopic (exact) mass is 195 g/mol. The first-order valence-electron chi connectivity index (χ1n) is 5.60. The molecule has 0 aromatic carbocycles. The molecule has 1 aromatic rings. The van der Waals surface area contributed by atoms with Gasteiger partial charge >= 0.3 is 0 Å². The average molecular weight is 195 g/mol. The Morgan fingerprint density at radius 3 is 1.64 bits per heavy atom.